The SMILES string of the molecule is N=C1CN(c2ccc(Br)cc2)CCN1C(=N)C(F)(F)F. The summed E-state index contributed by atoms with van der Waals surface area (Å²) in [7, 11) is 0. The Balaban J connectivity index is 2.08. The van der Waals surface area contributed by atoms with Gasteiger partial charge in [0.25, 0.3) is 0 Å². The third-order valence-corrected chi connectivity index (χ3v) is 3.52. The van der Waals surface area contributed by atoms with Crippen molar-refractivity contribution in [3.05, 3.63) is 28.7 Å². The number of amidine groups is 2. The lowest BCUT2D eigenvalue weighted by molar-refractivity contribution is -0.0671. The summed E-state index contributed by atoms with van der Waals surface area (Å²) < 4.78 is 38.4. The van der Waals surface area contributed by atoms with Gasteiger partial charge in [0.2, 0.25) is 5.84 Å². The van der Waals surface area contributed by atoms with Crippen molar-refractivity contribution in [2.45, 2.75) is 6.18 Å². The van der Waals surface area contributed by atoms with E-state index in [0.29, 0.717) is 11.4 Å². The monoisotopic (exact) mass is 348 g/mol. The molecule has 1 heterocycles. The second-order valence-electron chi connectivity index (χ2n) is 4.34. The third-order valence-electron chi connectivity index (χ3n) is 2.99. The molecule has 0 spiro atoms. The molecule has 0 aliphatic carbocycles. The zero-order chi connectivity index (χ0) is 14.9. The maximum atomic E-state index is 12.5. The van der Waals surface area contributed by atoms with Crippen LogP contribution in [0.2, 0.25) is 0 Å². The van der Waals surface area contributed by atoms with Gasteiger partial charge in [-0.1, -0.05) is 15.9 Å². The molecule has 0 radical (unpaired) electrons. The number of anilines is 1. The molecule has 1 saturated heterocycles. The van der Waals surface area contributed by atoms with Crippen molar-refractivity contribution in [3.8, 4) is 0 Å². The normalized spacial score (nSPS) is 16.5. The average Bonchev–Trinajstić information content (AvgIpc) is 2.37. The van der Waals surface area contributed by atoms with Crippen LogP contribution in [0.5, 0.6) is 0 Å². The summed E-state index contributed by atoms with van der Waals surface area (Å²) in [5.41, 5.74) is 0.844. The maximum absolute atomic E-state index is 12.5. The fourth-order valence-electron chi connectivity index (χ4n) is 1.97. The van der Waals surface area contributed by atoms with E-state index in [4.69, 9.17) is 10.8 Å². The number of nitrogens with zero attached hydrogens (tertiary/aromatic N) is 2. The van der Waals surface area contributed by atoms with Gasteiger partial charge in [-0.05, 0) is 24.3 Å². The van der Waals surface area contributed by atoms with Gasteiger partial charge in [-0.2, -0.15) is 13.2 Å². The van der Waals surface area contributed by atoms with Crippen LogP contribution >= 0.6 is 15.9 Å². The molecule has 108 valence electrons. The van der Waals surface area contributed by atoms with E-state index in [-0.39, 0.29) is 18.9 Å². The summed E-state index contributed by atoms with van der Waals surface area (Å²) in [6.45, 7) is 0.371. The van der Waals surface area contributed by atoms with Crippen LogP contribution in [0, 0.1) is 10.8 Å². The molecule has 1 aromatic carbocycles. The number of rotatable bonds is 1. The standard InChI is InChI=1S/C12H12BrF3N4/c13-8-1-3-9(4-2-8)19-5-6-20(10(17)7-19)11(18)12(14,15)16/h1-4,17-18H,5-7H2. The van der Waals surface area contributed by atoms with Crippen LogP contribution in [0.25, 0.3) is 0 Å². The van der Waals surface area contributed by atoms with Gasteiger partial charge in [0, 0.05) is 23.2 Å². The van der Waals surface area contributed by atoms with Crippen LogP contribution < -0.4 is 4.90 Å². The van der Waals surface area contributed by atoms with Crippen molar-refractivity contribution in [2.75, 3.05) is 24.5 Å². The Morgan fingerprint density at radius 3 is 2.25 bits per heavy atom. The minimum Gasteiger partial charge on any atom is -0.362 e. The van der Waals surface area contributed by atoms with Crippen LogP contribution in [-0.4, -0.2) is 42.4 Å². The van der Waals surface area contributed by atoms with Gasteiger partial charge in [-0.25, -0.2) is 0 Å². The largest absolute Gasteiger partial charge is 0.449 e. The van der Waals surface area contributed by atoms with Gasteiger partial charge in [0.15, 0.2) is 0 Å². The highest BCUT2D eigenvalue weighted by atomic mass is 79.9. The first-order chi connectivity index (χ1) is 9.29. The van der Waals surface area contributed by atoms with Gasteiger partial charge in [-0.15, -0.1) is 0 Å². The fourth-order valence-corrected chi connectivity index (χ4v) is 2.24. The lowest BCUT2D eigenvalue weighted by Crippen LogP contribution is -2.55. The number of hydrogen-bond acceptors (Lipinski definition) is 3. The van der Waals surface area contributed by atoms with E-state index in [0.717, 1.165) is 10.2 Å². The smallest absolute Gasteiger partial charge is 0.362 e. The Kier molecular flexibility index (Phi) is 4.03. The van der Waals surface area contributed by atoms with E-state index in [1.807, 2.05) is 29.2 Å². The van der Waals surface area contributed by atoms with Gasteiger partial charge in [0.05, 0.1) is 6.54 Å². The summed E-state index contributed by atoms with van der Waals surface area (Å²) in [5.74, 6) is -1.69. The molecule has 1 fully saturated rings. The Morgan fingerprint density at radius 1 is 1.15 bits per heavy atom. The Morgan fingerprint density at radius 2 is 1.75 bits per heavy atom. The third kappa shape index (κ3) is 3.12. The predicted molar refractivity (Wildman–Crippen MR) is 74.6 cm³/mol. The Labute approximate surface area is 122 Å². The van der Waals surface area contributed by atoms with Crippen molar-refractivity contribution >= 4 is 33.3 Å². The number of benzene rings is 1. The lowest BCUT2D eigenvalue weighted by atomic mass is 10.2. The molecule has 0 amide bonds. The van der Waals surface area contributed by atoms with Crippen molar-refractivity contribution in [1.82, 2.24) is 4.90 Å². The molecule has 0 saturated carbocycles. The molecule has 1 aliphatic rings. The molecule has 1 aliphatic heterocycles. The molecular weight excluding hydrogens is 337 g/mol. The lowest BCUT2D eigenvalue weighted by Gasteiger charge is -2.37. The van der Waals surface area contributed by atoms with Gasteiger partial charge < -0.3 is 9.80 Å². The van der Waals surface area contributed by atoms with Crippen LogP contribution in [0.4, 0.5) is 18.9 Å². The summed E-state index contributed by atoms with van der Waals surface area (Å²) >= 11 is 3.31. The molecule has 1 aromatic rings. The second-order valence-corrected chi connectivity index (χ2v) is 5.26. The van der Waals surface area contributed by atoms with Crippen LogP contribution in [0.1, 0.15) is 0 Å². The molecule has 2 rings (SSSR count). The van der Waals surface area contributed by atoms with Crippen molar-refractivity contribution < 1.29 is 13.2 Å². The van der Waals surface area contributed by atoms with E-state index in [1.165, 1.54) is 0 Å². The first-order valence-electron chi connectivity index (χ1n) is 5.80. The number of alkyl halides is 3. The molecule has 0 unspecified atom stereocenters. The zero-order valence-electron chi connectivity index (χ0n) is 10.3. The van der Waals surface area contributed by atoms with Gasteiger partial charge >= 0.3 is 6.18 Å². The van der Waals surface area contributed by atoms with Crippen molar-refractivity contribution in [3.63, 3.8) is 0 Å². The predicted octanol–water partition coefficient (Wildman–Crippen LogP) is 3.09. The van der Waals surface area contributed by atoms with Crippen molar-refractivity contribution in [1.29, 1.82) is 10.8 Å². The van der Waals surface area contributed by atoms with E-state index >= 15 is 0 Å². The quantitative estimate of drug-likeness (QED) is 0.605. The Bertz CT molecular complexity index is 526. The van der Waals surface area contributed by atoms with Crippen LogP contribution in [0.3, 0.4) is 0 Å². The van der Waals surface area contributed by atoms with E-state index in [2.05, 4.69) is 15.9 Å². The number of hydrogen-bond donors (Lipinski definition) is 2. The number of halogens is 4. The summed E-state index contributed by atoms with van der Waals surface area (Å²) in [6.07, 6.45) is -4.72. The number of piperazine rings is 1. The van der Waals surface area contributed by atoms with Gasteiger partial charge in [-0.3, -0.25) is 10.8 Å². The fraction of sp³-hybridized carbons (Fsp3) is 0.333. The van der Waals surface area contributed by atoms with Gasteiger partial charge in [0.1, 0.15) is 5.84 Å². The highest BCUT2D eigenvalue weighted by Crippen LogP contribution is 2.23. The van der Waals surface area contributed by atoms with E-state index in [1.54, 1.807) is 0 Å². The average molecular weight is 349 g/mol. The molecule has 2 N–H and O–H groups in total. The minimum absolute atomic E-state index is 0.0206. The summed E-state index contributed by atoms with van der Waals surface area (Å²) in [6, 6.07) is 7.34. The topological polar surface area (TPSA) is 54.2 Å². The molecular formula is C12H12BrF3N4. The minimum atomic E-state index is -4.72. The molecule has 4 nitrogen and oxygen atoms in total. The highest BCUT2D eigenvalue weighted by molar-refractivity contribution is 9.10. The number of nitrogens with one attached hydrogen (secondary N) is 2. The van der Waals surface area contributed by atoms with Crippen LogP contribution in [0.15, 0.2) is 28.7 Å². The molecule has 0 aromatic heterocycles. The molecule has 0 bridgehead atoms. The molecule has 20 heavy (non-hydrogen) atoms. The van der Waals surface area contributed by atoms with E-state index < -0.39 is 12.0 Å². The van der Waals surface area contributed by atoms with E-state index in [9.17, 15) is 13.2 Å². The summed E-state index contributed by atoms with van der Waals surface area (Å²) in [4.78, 5) is 2.52. The Hall–Kier alpha value is -1.57. The first-order valence-corrected chi connectivity index (χ1v) is 6.59. The first kappa shape index (κ1) is 14.8. The van der Waals surface area contributed by atoms with Crippen LogP contribution in [-0.2, 0) is 0 Å². The molecule has 8 heteroatoms. The zero-order valence-corrected chi connectivity index (χ0v) is 11.9. The van der Waals surface area contributed by atoms with Crippen molar-refractivity contribution in [2.24, 2.45) is 0 Å². The maximum Gasteiger partial charge on any atom is 0.449 e. The molecule has 0 atom stereocenters. The highest BCUT2D eigenvalue weighted by Gasteiger charge is 2.41. The second kappa shape index (κ2) is 5.43. The summed E-state index contributed by atoms with van der Waals surface area (Å²) in [5, 5.41) is 14.8.